The number of thiophene rings is 1. The molecule has 1 N–H and O–H groups in total. The summed E-state index contributed by atoms with van der Waals surface area (Å²) in [6, 6.07) is 4.10. The fraction of sp³-hybridized carbons (Fsp3) is 0.538. The monoisotopic (exact) mass is 221 g/mol. The lowest BCUT2D eigenvalue weighted by molar-refractivity contribution is 0.424. The second-order valence-corrected chi connectivity index (χ2v) is 5.51. The number of hydrogen-bond donors (Lipinski definition) is 1. The van der Waals surface area contributed by atoms with Crippen LogP contribution in [0.25, 0.3) is 0 Å². The zero-order chi connectivity index (χ0) is 11.1. The highest BCUT2D eigenvalue weighted by Crippen LogP contribution is 2.05. The van der Waals surface area contributed by atoms with Crippen molar-refractivity contribution in [3.63, 3.8) is 0 Å². The number of unbranched alkanes of at least 4 members (excludes halogenated alkanes) is 1. The van der Waals surface area contributed by atoms with Crippen molar-refractivity contribution in [1.29, 1.82) is 0 Å². The van der Waals surface area contributed by atoms with Crippen molar-refractivity contribution in [3.05, 3.63) is 22.4 Å². The first-order valence-corrected chi connectivity index (χ1v) is 6.23. The molecule has 0 amide bonds. The molecule has 0 bridgehead atoms. The van der Waals surface area contributed by atoms with Crippen molar-refractivity contribution in [1.82, 2.24) is 5.32 Å². The van der Waals surface area contributed by atoms with E-state index in [2.05, 4.69) is 49.4 Å². The molecule has 0 aromatic carbocycles. The number of hydrogen-bond acceptors (Lipinski definition) is 2. The van der Waals surface area contributed by atoms with Crippen LogP contribution in [0.4, 0.5) is 0 Å². The maximum atomic E-state index is 3.45. The van der Waals surface area contributed by atoms with Crippen LogP contribution in [0.3, 0.4) is 0 Å². The summed E-state index contributed by atoms with van der Waals surface area (Å²) in [6.07, 6.45) is 2.09. The Hall–Kier alpha value is -0.780. The van der Waals surface area contributed by atoms with Crippen LogP contribution in [0.15, 0.2) is 17.5 Å². The first-order chi connectivity index (χ1) is 7.08. The molecule has 0 aliphatic heterocycles. The van der Waals surface area contributed by atoms with Gasteiger partial charge in [-0.15, -0.1) is 11.3 Å². The Balaban J connectivity index is 2.12. The van der Waals surface area contributed by atoms with Crippen LogP contribution in [0.2, 0.25) is 0 Å². The molecule has 1 heterocycles. The quantitative estimate of drug-likeness (QED) is 0.610. The van der Waals surface area contributed by atoms with Crippen LogP contribution in [0.1, 0.15) is 38.5 Å². The van der Waals surface area contributed by atoms with Gasteiger partial charge in [0.1, 0.15) is 0 Å². The first-order valence-electron chi connectivity index (χ1n) is 5.35. The molecule has 0 saturated carbocycles. The van der Waals surface area contributed by atoms with E-state index in [0.717, 1.165) is 19.4 Å². The van der Waals surface area contributed by atoms with E-state index in [-0.39, 0.29) is 5.54 Å². The molecular weight excluding hydrogens is 202 g/mol. The summed E-state index contributed by atoms with van der Waals surface area (Å²) >= 11 is 1.70. The average molecular weight is 221 g/mol. The van der Waals surface area contributed by atoms with Crippen molar-refractivity contribution >= 4 is 11.3 Å². The van der Waals surface area contributed by atoms with E-state index in [1.54, 1.807) is 11.3 Å². The van der Waals surface area contributed by atoms with Gasteiger partial charge in [-0.25, -0.2) is 0 Å². The Morgan fingerprint density at radius 3 is 2.80 bits per heavy atom. The van der Waals surface area contributed by atoms with Gasteiger partial charge in [-0.3, -0.25) is 0 Å². The van der Waals surface area contributed by atoms with Crippen LogP contribution in [0, 0.1) is 11.8 Å². The molecule has 0 saturated heterocycles. The fourth-order valence-corrected chi connectivity index (χ4v) is 1.73. The zero-order valence-electron chi connectivity index (χ0n) is 9.76. The minimum atomic E-state index is 0.223. The van der Waals surface area contributed by atoms with Gasteiger partial charge >= 0.3 is 0 Å². The van der Waals surface area contributed by atoms with Crippen molar-refractivity contribution in [2.45, 2.75) is 39.2 Å². The van der Waals surface area contributed by atoms with Crippen molar-refractivity contribution in [2.24, 2.45) is 0 Å². The summed E-state index contributed by atoms with van der Waals surface area (Å²) in [7, 11) is 0. The number of nitrogens with one attached hydrogen (secondary N) is 1. The van der Waals surface area contributed by atoms with Gasteiger partial charge in [0.25, 0.3) is 0 Å². The van der Waals surface area contributed by atoms with Crippen LogP contribution < -0.4 is 5.32 Å². The molecule has 15 heavy (non-hydrogen) atoms. The molecule has 1 rings (SSSR count). The number of rotatable bonds is 3. The smallest absolute Gasteiger partial charge is 0.0768 e. The molecule has 0 radical (unpaired) electrons. The van der Waals surface area contributed by atoms with E-state index in [0.29, 0.717) is 0 Å². The Morgan fingerprint density at radius 2 is 2.20 bits per heavy atom. The lowest BCUT2D eigenvalue weighted by atomic mass is 10.1. The maximum absolute atomic E-state index is 3.45. The van der Waals surface area contributed by atoms with E-state index < -0.39 is 0 Å². The Bertz CT molecular complexity index is 322. The maximum Gasteiger partial charge on any atom is 0.0768 e. The van der Waals surface area contributed by atoms with Crippen LogP contribution >= 0.6 is 11.3 Å². The highest BCUT2D eigenvalue weighted by molar-refractivity contribution is 7.10. The van der Waals surface area contributed by atoms with Gasteiger partial charge in [-0.1, -0.05) is 17.9 Å². The van der Waals surface area contributed by atoms with Crippen LogP contribution in [-0.2, 0) is 0 Å². The molecule has 0 atom stereocenters. The molecule has 0 spiro atoms. The van der Waals surface area contributed by atoms with E-state index in [1.165, 1.54) is 4.88 Å². The molecule has 0 unspecified atom stereocenters. The Labute approximate surface area is 96.9 Å². The SMILES string of the molecule is CC(C)(C)NCCCC#Cc1cccs1. The normalized spacial score (nSPS) is 10.9. The predicted octanol–water partition coefficient (Wildman–Crippen LogP) is 3.27. The third kappa shape index (κ3) is 6.33. The second kappa shape index (κ2) is 5.95. The van der Waals surface area contributed by atoms with Crippen molar-refractivity contribution < 1.29 is 0 Å². The van der Waals surface area contributed by atoms with Crippen molar-refractivity contribution in [2.75, 3.05) is 6.54 Å². The average Bonchev–Trinajstić information content (AvgIpc) is 2.61. The molecule has 2 heteroatoms. The Morgan fingerprint density at radius 1 is 1.40 bits per heavy atom. The molecule has 1 aromatic rings. The molecule has 0 fully saturated rings. The van der Waals surface area contributed by atoms with Gasteiger partial charge in [-0.2, -0.15) is 0 Å². The lowest BCUT2D eigenvalue weighted by Crippen LogP contribution is -2.36. The summed E-state index contributed by atoms with van der Waals surface area (Å²) < 4.78 is 0. The highest BCUT2D eigenvalue weighted by atomic mass is 32.1. The van der Waals surface area contributed by atoms with Gasteiger partial charge in [0.05, 0.1) is 4.88 Å². The van der Waals surface area contributed by atoms with Crippen LogP contribution in [0.5, 0.6) is 0 Å². The van der Waals surface area contributed by atoms with E-state index in [4.69, 9.17) is 0 Å². The molecule has 1 nitrogen and oxygen atoms in total. The summed E-state index contributed by atoms with van der Waals surface area (Å²) in [5, 5.41) is 5.51. The summed E-state index contributed by atoms with van der Waals surface area (Å²) in [5.41, 5.74) is 0.223. The van der Waals surface area contributed by atoms with E-state index >= 15 is 0 Å². The van der Waals surface area contributed by atoms with Gasteiger partial charge in [0.15, 0.2) is 0 Å². The third-order valence-electron chi connectivity index (χ3n) is 1.87. The summed E-state index contributed by atoms with van der Waals surface area (Å²) in [5.74, 6) is 6.36. The molecular formula is C13H19NS. The largest absolute Gasteiger partial charge is 0.312 e. The van der Waals surface area contributed by atoms with Crippen LogP contribution in [-0.4, -0.2) is 12.1 Å². The Kier molecular flexibility index (Phi) is 4.87. The highest BCUT2D eigenvalue weighted by Gasteiger charge is 2.06. The molecule has 82 valence electrons. The molecule has 0 aliphatic rings. The third-order valence-corrected chi connectivity index (χ3v) is 2.65. The predicted molar refractivity (Wildman–Crippen MR) is 68.2 cm³/mol. The van der Waals surface area contributed by atoms with E-state index in [9.17, 15) is 0 Å². The second-order valence-electron chi connectivity index (χ2n) is 4.56. The molecule has 1 aromatic heterocycles. The standard InChI is InChI=1S/C13H19NS/c1-13(2,3)14-10-6-4-5-8-12-9-7-11-15-12/h7,9,11,14H,4,6,10H2,1-3H3. The zero-order valence-corrected chi connectivity index (χ0v) is 10.6. The van der Waals surface area contributed by atoms with Gasteiger partial charge in [0.2, 0.25) is 0 Å². The van der Waals surface area contributed by atoms with Crippen molar-refractivity contribution in [3.8, 4) is 11.8 Å². The minimum absolute atomic E-state index is 0.223. The fourth-order valence-electron chi connectivity index (χ4n) is 1.14. The van der Waals surface area contributed by atoms with E-state index in [1.807, 2.05) is 6.07 Å². The topological polar surface area (TPSA) is 12.0 Å². The summed E-state index contributed by atoms with van der Waals surface area (Å²) in [6.45, 7) is 7.60. The minimum Gasteiger partial charge on any atom is -0.312 e. The van der Waals surface area contributed by atoms with Gasteiger partial charge < -0.3 is 5.32 Å². The first kappa shape index (κ1) is 12.3. The summed E-state index contributed by atoms with van der Waals surface area (Å²) in [4.78, 5) is 1.17. The van der Waals surface area contributed by atoms with Gasteiger partial charge in [0, 0.05) is 12.0 Å². The van der Waals surface area contributed by atoms with Gasteiger partial charge in [-0.05, 0) is 45.2 Å². The molecule has 0 aliphatic carbocycles. The lowest BCUT2D eigenvalue weighted by Gasteiger charge is -2.19.